The second-order valence-corrected chi connectivity index (χ2v) is 6.19. The molecule has 0 bridgehead atoms. The first-order valence-corrected chi connectivity index (χ1v) is 8.15. The van der Waals surface area contributed by atoms with E-state index in [1.807, 2.05) is 4.90 Å². The molecule has 2 fully saturated rings. The maximum absolute atomic E-state index is 12.8. The zero-order chi connectivity index (χ0) is 14.7. The van der Waals surface area contributed by atoms with E-state index in [9.17, 15) is 4.79 Å². The number of amides is 1. The van der Waals surface area contributed by atoms with Gasteiger partial charge in [-0.1, -0.05) is 0 Å². The van der Waals surface area contributed by atoms with Crippen LogP contribution >= 0.6 is 15.9 Å². The Kier molecular flexibility index (Phi) is 4.70. The molecular weight excluding hydrogens is 336 g/mol. The molecule has 1 aromatic heterocycles. The molecule has 3 heterocycles. The molecule has 0 saturated carbocycles. The summed E-state index contributed by atoms with van der Waals surface area (Å²) in [6.07, 6.45) is 6.31. The SMILES string of the molecule is O=C([C@@H]1CCCCN1c1ncncc1Br)N1CCOCC1. The number of hydrogen-bond donors (Lipinski definition) is 0. The Bertz CT molecular complexity index is 508. The Morgan fingerprint density at radius 3 is 2.86 bits per heavy atom. The molecule has 2 aliphatic rings. The van der Waals surface area contributed by atoms with E-state index in [0.29, 0.717) is 26.3 Å². The summed E-state index contributed by atoms with van der Waals surface area (Å²) in [4.78, 5) is 25.2. The molecule has 2 saturated heterocycles. The molecule has 1 atom stereocenters. The first kappa shape index (κ1) is 14.7. The summed E-state index contributed by atoms with van der Waals surface area (Å²) in [5.41, 5.74) is 0. The molecule has 0 aliphatic carbocycles. The predicted molar refractivity (Wildman–Crippen MR) is 82.1 cm³/mol. The Hall–Kier alpha value is -1.21. The first-order valence-electron chi connectivity index (χ1n) is 7.36. The number of ether oxygens (including phenoxy) is 1. The Balaban J connectivity index is 1.81. The molecule has 0 radical (unpaired) electrons. The summed E-state index contributed by atoms with van der Waals surface area (Å²) >= 11 is 3.49. The van der Waals surface area contributed by atoms with Crippen LogP contribution < -0.4 is 4.90 Å². The van der Waals surface area contributed by atoms with Gasteiger partial charge in [0.2, 0.25) is 5.91 Å². The predicted octanol–water partition coefficient (Wildman–Crippen LogP) is 1.46. The lowest BCUT2D eigenvalue weighted by molar-refractivity contribution is -0.137. The standard InChI is InChI=1S/C14H19BrN4O2/c15-11-9-16-10-17-13(11)19-4-2-1-3-12(19)14(20)18-5-7-21-8-6-18/h9-10,12H,1-8H2/t12-/m0/s1. The molecule has 0 N–H and O–H groups in total. The summed E-state index contributed by atoms with van der Waals surface area (Å²) in [5, 5.41) is 0. The van der Waals surface area contributed by atoms with Gasteiger partial charge in [-0.3, -0.25) is 4.79 Å². The summed E-state index contributed by atoms with van der Waals surface area (Å²) in [7, 11) is 0. The molecule has 3 rings (SSSR count). The number of piperidine rings is 1. The highest BCUT2D eigenvalue weighted by molar-refractivity contribution is 9.10. The number of nitrogens with zero attached hydrogens (tertiary/aromatic N) is 4. The van der Waals surface area contributed by atoms with Gasteiger partial charge >= 0.3 is 0 Å². The van der Waals surface area contributed by atoms with E-state index in [0.717, 1.165) is 36.1 Å². The van der Waals surface area contributed by atoms with E-state index < -0.39 is 0 Å². The van der Waals surface area contributed by atoms with Gasteiger partial charge in [-0.05, 0) is 35.2 Å². The minimum Gasteiger partial charge on any atom is -0.378 e. The van der Waals surface area contributed by atoms with Crippen molar-refractivity contribution in [2.75, 3.05) is 37.7 Å². The maximum Gasteiger partial charge on any atom is 0.245 e. The second-order valence-electron chi connectivity index (χ2n) is 5.34. The number of carbonyl (C=O) groups is 1. The monoisotopic (exact) mass is 354 g/mol. The van der Waals surface area contributed by atoms with Crippen LogP contribution in [0.2, 0.25) is 0 Å². The van der Waals surface area contributed by atoms with Gasteiger partial charge in [0.15, 0.2) is 0 Å². The fourth-order valence-corrected chi connectivity index (χ4v) is 3.40. The van der Waals surface area contributed by atoms with Crippen molar-refractivity contribution in [2.24, 2.45) is 0 Å². The average molecular weight is 355 g/mol. The third-order valence-corrected chi connectivity index (χ3v) is 4.59. The lowest BCUT2D eigenvalue weighted by atomic mass is 10.0. The molecule has 21 heavy (non-hydrogen) atoms. The fraction of sp³-hybridized carbons (Fsp3) is 0.643. The third kappa shape index (κ3) is 3.18. The number of hydrogen-bond acceptors (Lipinski definition) is 5. The van der Waals surface area contributed by atoms with Crippen LogP contribution in [0.1, 0.15) is 19.3 Å². The first-order chi connectivity index (χ1) is 10.3. The number of rotatable bonds is 2. The van der Waals surface area contributed by atoms with Crippen molar-refractivity contribution in [3.63, 3.8) is 0 Å². The number of halogens is 1. The zero-order valence-electron chi connectivity index (χ0n) is 11.9. The molecule has 114 valence electrons. The lowest BCUT2D eigenvalue weighted by Gasteiger charge is -2.39. The molecule has 1 amide bonds. The van der Waals surface area contributed by atoms with Crippen molar-refractivity contribution < 1.29 is 9.53 Å². The van der Waals surface area contributed by atoms with E-state index in [1.165, 1.54) is 6.33 Å². The third-order valence-electron chi connectivity index (χ3n) is 4.03. The topological polar surface area (TPSA) is 58.6 Å². The zero-order valence-corrected chi connectivity index (χ0v) is 13.5. The largest absolute Gasteiger partial charge is 0.378 e. The van der Waals surface area contributed by atoms with Gasteiger partial charge < -0.3 is 14.5 Å². The van der Waals surface area contributed by atoms with E-state index in [2.05, 4.69) is 30.8 Å². The number of morpholine rings is 1. The van der Waals surface area contributed by atoms with E-state index in [4.69, 9.17) is 4.74 Å². The van der Waals surface area contributed by atoms with E-state index in [1.54, 1.807) is 6.20 Å². The number of aromatic nitrogens is 2. The normalized spacial score (nSPS) is 23.2. The van der Waals surface area contributed by atoms with Gasteiger partial charge in [0.05, 0.1) is 17.7 Å². The Labute approximate surface area is 132 Å². The van der Waals surface area contributed by atoms with Crippen LogP contribution in [0, 0.1) is 0 Å². The van der Waals surface area contributed by atoms with Crippen LogP contribution in [0.3, 0.4) is 0 Å². The van der Waals surface area contributed by atoms with Crippen molar-refractivity contribution in [3.8, 4) is 0 Å². The molecular formula is C14H19BrN4O2. The van der Waals surface area contributed by atoms with Gasteiger partial charge in [-0.15, -0.1) is 0 Å². The molecule has 2 aliphatic heterocycles. The van der Waals surface area contributed by atoms with Gasteiger partial charge in [0, 0.05) is 25.8 Å². The fourth-order valence-electron chi connectivity index (χ4n) is 2.95. The van der Waals surface area contributed by atoms with Crippen LogP contribution in [0.25, 0.3) is 0 Å². The summed E-state index contributed by atoms with van der Waals surface area (Å²) in [6.45, 7) is 3.50. The highest BCUT2D eigenvalue weighted by Crippen LogP contribution is 2.29. The van der Waals surface area contributed by atoms with Gasteiger partial charge in [0.25, 0.3) is 0 Å². The molecule has 0 spiro atoms. The Morgan fingerprint density at radius 2 is 2.10 bits per heavy atom. The van der Waals surface area contributed by atoms with Crippen LogP contribution in [-0.4, -0.2) is 59.7 Å². The maximum atomic E-state index is 12.8. The number of carbonyl (C=O) groups excluding carboxylic acids is 1. The van der Waals surface area contributed by atoms with Crippen LogP contribution in [0.15, 0.2) is 17.0 Å². The van der Waals surface area contributed by atoms with Crippen molar-refractivity contribution in [3.05, 3.63) is 17.0 Å². The average Bonchev–Trinajstić information content (AvgIpc) is 2.55. The molecule has 6 nitrogen and oxygen atoms in total. The highest BCUT2D eigenvalue weighted by Gasteiger charge is 2.34. The quantitative estimate of drug-likeness (QED) is 0.804. The summed E-state index contributed by atoms with van der Waals surface area (Å²) in [6, 6.07) is -0.122. The minimum absolute atomic E-state index is 0.122. The molecule has 1 aromatic rings. The molecule has 0 aromatic carbocycles. The van der Waals surface area contributed by atoms with Crippen molar-refractivity contribution >= 4 is 27.7 Å². The minimum atomic E-state index is -0.122. The smallest absolute Gasteiger partial charge is 0.245 e. The Morgan fingerprint density at radius 1 is 1.29 bits per heavy atom. The highest BCUT2D eigenvalue weighted by atomic mass is 79.9. The van der Waals surface area contributed by atoms with Gasteiger partial charge in [-0.25, -0.2) is 9.97 Å². The summed E-state index contributed by atoms with van der Waals surface area (Å²) in [5.74, 6) is 1.01. The summed E-state index contributed by atoms with van der Waals surface area (Å²) < 4.78 is 6.17. The van der Waals surface area contributed by atoms with Crippen LogP contribution in [0.5, 0.6) is 0 Å². The number of anilines is 1. The molecule has 0 unspecified atom stereocenters. The van der Waals surface area contributed by atoms with E-state index >= 15 is 0 Å². The lowest BCUT2D eigenvalue weighted by Crippen LogP contribution is -2.54. The van der Waals surface area contributed by atoms with Crippen LogP contribution in [0.4, 0.5) is 5.82 Å². The molecule has 7 heteroatoms. The van der Waals surface area contributed by atoms with Crippen LogP contribution in [-0.2, 0) is 9.53 Å². The van der Waals surface area contributed by atoms with Crippen molar-refractivity contribution in [2.45, 2.75) is 25.3 Å². The van der Waals surface area contributed by atoms with Crippen molar-refractivity contribution in [1.82, 2.24) is 14.9 Å². The van der Waals surface area contributed by atoms with Crippen molar-refractivity contribution in [1.29, 1.82) is 0 Å². The van der Waals surface area contributed by atoms with Gasteiger partial charge in [-0.2, -0.15) is 0 Å². The van der Waals surface area contributed by atoms with E-state index in [-0.39, 0.29) is 11.9 Å². The van der Waals surface area contributed by atoms with Gasteiger partial charge in [0.1, 0.15) is 18.2 Å². The second kappa shape index (κ2) is 6.70.